The molecule has 0 bridgehead atoms. The van der Waals surface area contributed by atoms with Gasteiger partial charge in [0.05, 0.1) is 5.52 Å². The molecule has 0 fully saturated rings. The third-order valence-corrected chi connectivity index (χ3v) is 3.11. The average molecular weight is 283 g/mol. The van der Waals surface area contributed by atoms with Crippen molar-refractivity contribution >= 4 is 16.8 Å². The Morgan fingerprint density at radius 1 is 1.19 bits per heavy atom. The molecule has 0 radical (unpaired) electrons. The van der Waals surface area contributed by atoms with E-state index in [1.807, 2.05) is 0 Å². The number of phenolic OH excluding ortho intramolecular Hbond substituents is 1. The molecular weight excluding hydrogens is 273 g/mol. The summed E-state index contributed by atoms with van der Waals surface area (Å²) in [7, 11) is 0. The number of fused-ring (bicyclic) bond motifs is 1. The lowest BCUT2D eigenvalue weighted by molar-refractivity contribution is 0.0996. The van der Waals surface area contributed by atoms with Crippen molar-refractivity contribution in [3.05, 3.63) is 54.2 Å². The Kier molecular flexibility index (Phi) is 2.98. The summed E-state index contributed by atoms with van der Waals surface area (Å²) in [4.78, 5) is 19.5. The Morgan fingerprint density at radius 3 is 2.71 bits per heavy atom. The molecule has 1 amide bonds. The lowest BCUT2D eigenvalue weighted by atomic mass is 10.0. The van der Waals surface area contributed by atoms with E-state index in [1.165, 1.54) is 24.4 Å². The zero-order valence-electron chi connectivity index (χ0n) is 10.7. The Balaban J connectivity index is 2.28. The molecule has 0 aliphatic heterocycles. The van der Waals surface area contributed by atoms with Crippen molar-refractivity contribution in [2.75, 3.05) is 0 Å². The normalized spacial score (nSPS) is 10.7. The van der Waals surface area contributed by atoms with Gasteiger partial charge < -0.3 is 10.8 Å². The maximum atomic E-state index is 13.5. The number of aromatic nitrogens is 2. The van der Waals surface area contributed by atoms with E-state index in [9.17, 15) is 14.3 Å². The summed E-state index contributed by atoms with van der Waals surface area (Å²) >= 11 is 0. The molecule has 1 aromatic carbocycles. The van der Waals surface area contributed by atoms with Crippen LogP contribution in [0, 0.1) is 5.82 Å². The summed E-state index contributed by atoms with van der Waals surface area (Å²) in [5, 5.41) is 9.95. The molecule has 0 aliphatic rings. The van der Waals surface area contributed by atoms with Gasteiger partial charge in [-0.3, -0.25) is 9.78 Å². The van der Waals surface area contributed by atoms with Crippen LogP contribution in [0.2, 0.25) is 0 Å². The molecule has 0 unspecified atom stereocenters. The SMILES string of the molecule is NC(=O)c1ccc2cncc(-c3ccc(O)c(F)c3)c2n1. The predicted octanol–water partition coefficient (Wildman–Crippen LogP) is 2.24. The van der Waals surface area contributed by atoms with E-state index in [2.05, 4.69) is 9.97 Å². The molecule has 0 spiro atoms. The molecule has 104 valence electrons. The molecule has 0 aliphatic carbocycles. The van der Waals surface area contributed by atoms with Crippen molar-refractivity contribution in [3.63, 3.8) is 0 Å². The fourth-order valence-electron chi connectivity index (χ4n) is 2.07. The molecular formula is C15H10FN3O2. The Hall–Kier alpha value is -3.02. The molecule has 2 heterocycles. The van der Waals surface area contributed by atoms with E-state index >= 15 is 0 Å². The van der Waals surface area contributed by atoms with Crippen LogP contribution in [-0.2, 0) is 0 Å². The maximum Gasteiger partial charge on any atom is 0.267 e. The van der Waals surface area contributed by atoms with Crippen molar-refractivity contribution in [1.29, 1.82) is 0 Å². The fraction of sp³-hybridized carbons (Fsp3) is 0. The molecule has 0 atom stereocenters. The summed E-state index contributed by atoms with van der Waals surface area (Å²) in [6, 6.07) is 7.17. The molecule has 0 saturated carbocycles. The van der Waals surface area contributed by atoms with Crippen LogP contribution >= 0.6 is 0 Å². The van der Waals surface area contributed by atoms with Gasteiger partial charge in [-0.25, -0.2) is 9.37 Å². The second-order valence-corrected chi connectivity index (χ2v) is 4.49. The van der Waals surface area contributed by atoms with Crippen LogP contribution in [0.15, 0.2) is 42.7 Å². The third-order valence-electron chi connectivity index (χ3n) is 3.11. The van der Waals surface area contributed by atoms with E-state index in [0.29, 0.717) is 22.0 Å². The maximum absolute atomic E-state index is 13.5. The molecule has 6 heteroatoms. The van der Waals surface area contributed by atoms with Gasteiger partial charge in [0.2, 0.25) is 0 Å². The van der Waals surface area contributed by atoms with Crippen LogP contribution < -0.4 is 5.73 Å². The average Bonchev–Trinajstić information content (AvgIpc) is 2.49. The lowest BCUT2D eigenvalue weighted by Crippen LogP contribution is -2.12. The predicted molar refractivity (Wildman–Crippen MR) is 75.1 cm³/mol. The summed E-state index contributed by atoms with van der Waals surface area (Å²) < 4.78 is 13.5. The van der Waals surface area contributed by atoms with Gasteiger partial charge in [0.25, 0.3) is 5.91 Å². The number of benzene rings is 1. The number of halogens is 1. The lowest BCUT2D eigenvalue weighted by Gasteiger charge is -2.07. The minimum absolute atomic E-state index is 0.120. The zero-order valence-corrected chi connectivity index (χ0v) is 10.7. The molecule has 3 N–H and O–H groups in total. The summed E-state index contributed by atoms with van der Waals surface area (Å²) in [5.74, 6) is -1.81. The topological polar surface area (TPSA) is 89.1 Å². The molecule has 3 rings (SSSR count). The number of hydrogen-bond donors (Lipinski definition) is 2. The highest BCUT2D eigenvalue weighted by Crippen LogP contribution is 2.29. The van der Waals surface area contributed by atoms with Crippen molar-refractivity contribution in [2.24, 2.45) is 5.73 Å². The number of aromatic hydroxyl groups is 1. The number of carbonyl (C=O) groups excluding carboxylic acids is 1. The van der Waals surface area contributed by atoms with E-state index in [1.54, 1.807) is 18.3 Å². The van der Waals surface area contributed by atoms with E-state index in [-0.39, 0.29) is 5.69 Å². The van der Waals surface area contributed by atoms with Crippen molar-refractivity contribution in [2.45, 2.75) is 0 Å². The largest absolute Gasteiger partial charge is 0.505 e. The minimum Gasteiger partial charge on any atom is -0.505 e. The third kappa shape index (κ3) is 2.27. The standard InChI is InChI=1S/C15H10FN3O2/c16-11-5-8(2-4-13(11)20)10-7-18-6-9-1-3-12(15(17)21)19-14(9)10/h1-7,20H,(H2,17,21). The number of nitrogens with two attached hydrogens (primary N) is 1. The van der Waals surface area contributed by atoms with Crippen molar-refractivity contribution in [3.8, 4) is 16.9 Å². The first-order valence-corrected chi connectivity index (χ1v) is 6.10. The van der Waals surface area contributed by atoms with Crippen LogP contribution in [0.3, 0.4) is 0 Å². The van der Waals surface area contributed by atoms with Crippen molar-refractivity contribution in [1.82, 2.24) is 9.97 Å². The van der Waals surface area contributed by atoms with Gasteiger partial charge in [-0.2, -0.15) is 0 Å². The number of rotatable bonds is 2. The number of phenols is 1. The Morgan fingerprint density at radius 2 is 2.00 bits per heavy atom. The van der Waals surface area contributed by atoms with Crippen LogP contribution in [0.1, 0.15) is 10.5 Å². The van der Waals surface area contributed by atoms with Gasteiger partial charge in [0.1, 0.15) is 5.69 Å². The van der Waals surface area contributed by atoms with Crippen LogP contribution in [0.4, 0.5) is 4.39 Å². The van der Waals surface area contributed by atoms with Crippen LogP contribution in [-0.4, -0.2) is 21.0 Å². The first-order valence-electron chi connectivity index (χ1n) is 6.10. The minimum atomic E-state index is -0.740. The van der Waals surface area contributed by atoms with Crippen molar-refractivity contribution < 1.29 is 14.3 Å². The van der Waals surface area contributed by atoms with Gasteiger partial charge in [0, 0.05) is 23.3 Å². The highest BCUT2D eigenvalue weighted by atomic mass is 19.1. The summed E-state index contributed by atoms with van der Waals surface area (Å²) in [6.45, 7) is 0. The van der Waals surface area contributed by atoms with E-state index < -0.39 is 17.5 Å². The highest BCUT2D eigenvalue weighted by Gasteiger charge is 2.11. The van der Waals surface area contributed by atoms with Gasteiger partial charge in [-0.05, 0) is 29.8 Å². The van der Waals surface area contributed by atoms with Gasteiger partial charge in [-0.1, -0.05) is 6.07 Å². The van der Waals surface area contributed by atoms with Gasteiger partial charge in [0.15, 0.2) is 11.6 Å². The number of primary amides is 1. The smallest absolute Gasteiger partial charge is 0.267 e. The number of amides is 1. The second-order valence-electron chi connectivity index (χ2n) is 4.49. The first-order chi connectivity index (χ1) is 10.1. The Labute approximate surface area is 118 Å². The molecule has 2 aromatic heterocycles. The van der Waals surface area contributed by atoms with Gasteiger partial charge in [-0.15, -0.1) is 0 Å². The fourth-order valence-corrected chi connectivity index (χ4v) is 2.07. The molecule has 3 aromatic rings. The van der Waals surface area contributed by atoms with E-state index in [0.717, 1.165) is 0 Å². The number of pyridine rings is 2. The quantitative estimate of drug-likeness (QED) is 0.754. The number of nitrogens with zero attached hydrogens (tertiary/aromatic N) is 2. The van der Waals surface area contributed by atoms with Gasteiger partial charge >= 0.3 is 0 Å². The molecule has 0 saturated heterocycles. The van der Waals surface area contributed by atoms with Crippen LogP contribution in [0.5, 0.6) is 5.75 Å². The summed E-state index contributed by atoms with van der Waals surface area (Å²) in [6.07, 6.45) is 3.11. The zero-order chi connectivity index (χ0) is 15.0. The monoisotopic (exact) mass is 283 g/mol. The molecule has 21 heavy (non-hydrogen) atoms. The second kappa shape index (κ2) is 4.82. The van der Waals surface area contributed by atoms with E-state index in [4.69, 9.17) is 5.73 Å². The first kappa shape index (κ1) is 13.0. The molecule has 5 nitrogen and oxygen atoms in total. The Bertz CT molecular complexity index is 865. The highest BCUT2D eigenvalue weighted by molar-refractivity contribution is 5.97. The number of carbonyl (C=O) groups is 1. The number of hydrogen-bond acceptors (Lipinski definition) is 4. The summed E-state index contributed by atoms with van der Waals surface area (Å²) in [5.41, 5.74) is 6.89. The van der Waals surface area contributed by atoms with Crippen LogP contribution in [0.25, 0.3) is 22.0 Å².